The number of sulfonamides is 1. The van der Waals surface area contributed by atoms with Gasteiger partial charge < -0.3 is 15.4 Å². The Kier molecular flexibility index (Phi) is 6.63. The molecule has 1 fully saturated rings. The van der Waals surface area contributed by atoms with Crippen LogP contribution >= 0.6 is 0 Å². The zero-order chi connectivity index (χ0) is 20.9. The van der Waals surface area contributed by atoms with Crippen molar-refractivity contribution in [3.05, 3.63) is 54.1 Å². The minimum Gasteiger partial charge on any atom is -0.379 e. The van der Waals surface area contributed by atoms with Gasteiger partial charge in [0.1, 0.15) is 0 Å². The second-order valence-electron chi connectivity index (χ2n) is 6.58. The van der Waals surface area contributed by atoms with Crippen LogP contribution < -0.4 is 10.6 Å². The number of amides is 1. The highest BCUT2D eigenvalue weighted by Gasteiger charge is 2.26. The van der Waals surface area contributed by atoms with Gasteiger partial charge >= 0.3 is 0 Å². The molecule has 2 aromatic rings. The average molecular weight is 417 g/mol. The van der Waals surface area contributed by atoms with E-state index < -0.39 is 10.0 Å². The zero-order valence-corrected chi connectivity index (χ0v) is 16.9. The summed E-state index contributed by atoms with van der Waals surface area (Å²) in [6.45, 7) is 2.97. The number of anilines is 2. The van der Waals surface area contributed by atoms with E-state index in [9.17, 15) is 18.0 Å². The number of nitrogens with zero attached hydrogens (tertiary/aromatic N) is 1. The average Bonchev–Trinajstić information content (AvgIpc) is 2.73. The molecule has 1 saturated heterocycles. The summed E-state index contributed by atoms with van der Waals surface area (Å²) in [5.74, 6) is -0.294. The Balaban J connectivity index is 1.55. The van der Waals surface area contributed by atoms with Gasteiger partial charge in [-0.25, -0.2) is 8.42 Å². The van der Waals surface area contributed by atoms with Crippen molar-refractivity contribution in [2.75, 3.05) is 43.5 Å². The Hall–Kier alpha value is -2.75. The number of morpholine rings is 1. The van der Waals surface area contributed by atoms with E-state index in [1.165, 1.54) is 23.4 Å². The summed E-state index contributed by atoms with van der Waals surface area (Å²) in [5, 5.41) is 5.69. The minimum atomic E-state index is -3.56. The van der Waals surface area contributed by atoms with Crippen molar-refractivity contribution in [2.45, 2.75) is 11.8 Å². The molecule has 0 atom stereocenters. The number of rotatable bonds is 7. The van der Waals surface area contributed by atoms with Crippen molar-refractivity contribution in [1.82, 2.24) is 4.31 Å². The van der Waals surface area contributed by atoms with Crippen LogP contribution in [0, 0.1) is 0 Å². The van der Waals surface area contributed by atoms with E-state index in [2.05, 4.69) is 10.6 Å². The van der Waals surface area contributed by atoms with Crippen LogP contribution in [0.25, 0.3) is 0 Å². The van der Waals surface area contributed by atoms with Crippen LogP contribution in [0.15, 0.2) is 53.4 Å². The lowest BCUT2D eigenvalue weighted by atomic mass is 10.1. The molecular weight excluding hydrogens is 394 g/mol. The third kappa shape index (κ3) is 5.41. The van der Waals surface area contributed by atoms with Crippen LogP contribution in [-0.2, 0) is 19.6 Å². The standard InChI is InChI=1S/C20H23N3O5S/c1-15(24)16-2-4-17(5-3-16)21-14-20(25)22-18-6-8-19(9-7-18)29(26,27)23-10-12-28-13-11-23/h2-9,21H,10-14H2,1H3,(H,22,25). The second kappa shape index (κ2) is 9.17. The van der Waals surface area contributed by atoms with Gasteiger partial charge in [-0.05, 0) is 55.5 Å². The third-order valence-corrected chi connectivity index (χ3v) is 6.40. The number of benzene rings is 2. The SMILES string of the molecule is CC(=O)c1ccc(NCC(=O)Nc2ccc(S(=O)(=O)N3CCOCC3)cc2)cc1. The minimum absolute atomic E-state index is 0.0200. The highest BCUT2D eigenvalue weighted by molar-refractivity contribution is 7.89. The number of ether oxygens (including phenoxy) is 1. The van der Waals surface area contributed by atoms with Crippen molar-refractivity contribution >= 4 is 33.1 Å². The van der Waals surface area contributed by atoms with Gasteiger partial charge in [-0.15, -0.1) is 0 Å². The van der Waals surface area contributed by atoms with Crippen molar-refractivity contribution in [3.63, 3.8) is 0 Å². The van der Waals surface area contributed by atoms with E-state index in [-0.39, 0.29) is 23.1 Å². The number of carbonyl (C=O) groups excluding carboxylic acids is 2. The molecule has 1 aliphatic heterocycles. The van der Waals surface area contributed by atoms with Crippen molar-refractivity contribution in [2.24, 2.45) is 0 Å². The van der Waals surface area contributed by atoms with Gasteiger partial charge in [0.2, 0.25) is 15.9 Å². The molecule has 2 N–H and O–H groups in total. The lowest BCUT2D eigenvalue weighted by Gasteiger charge is -2.26. The van der Waals surface area contributed by atoms with E-state index in [4.69, 9.17) is 4.74 Å². The Morgan fingerprint density at radius 3 is 2.14 bits per heavy atom. The molecule has 0 radical (unpaired) electrons. The maximum Gasteiger partial charge on any atom is 0.243 e. The predicted molar refractivity (Wildman–Crippen MR) is 110 cm³/mol. The normalized spacial score (nSPS) is 14.9. The van der Waals surface area contributed by atoms with Gasteiger partial charge in [0, 0.05) is 30.0 Å². The summed E-state index contributed by atoms with van der Waals surface area (Å²) >= 11 is 0. The van der Waals surface area contributed by atoms with Gasteiger partial charge in [-0.3, -0.25) is 9.59 Å². The number of hydrogen-bond donors (Lipinski definition) is 2. The number of carbonyl (C=O) groups is 2. The third-order valence-electron chi connectivity index (χ3n) is 4.49. The first-order valence-corrected chi connectivity index (χ1v) is 10.6. The van der Waals surface area contributed by atoms with Crippen LogP contribution in [0.2, 0.25) is 0 Å². The van der Waals surface area contributed by atoms with Gasteiger partial charge in [-0.1, -0.05) is 0 Å². The molecule has 29 heavy (non-hydrogen) atoms. The smallest absolute Gasteiger partial charge is 0.243 e. The fourth-order valence-corrected chi connectivity index (χ4v) is 4.26. The maximum absolute atomic E-state index is 12.6. The van der Waals surface area contributed by atoms with E-state index in [1.54, 1.807) is 36.4 Å². The lowest BCUT2D eigenvalue weighted by Crippen LogP contribution is -2.40. The monoisotopic (exact) mass is 417 g/mol. The van der Waals surface area contributed by atoms with Crippen LogP contribution in [0.3, 0.4) is 0 Å². The molecule has 0 saturated carbocycles. The van der Waals surface area contributed by atoms with Crippen molar-refractivity contribution in [3.8, 4) is 0 Å². The van der Waals surface area contributed by atoms with Crippen LogP contribution in [0.4, 0.5) is 11.4 Å². The second-order valence-corrected chi connectivity index (χ2v) is 8.51. The predicted octanol–water partition coefficient (Wildman–Crippen LogP) is 1.96. The summed E-state index contributed by atoms with van der Waals surface area (Å²) in [6.07, 6.45) is 0. The van der Waals surface area contributed by atoms with E-state index in [1.807, 2.05) is 0 Å². The molecule has 1 amide bonds. The van der Waals surface area contributed by atoms with Crippen molar-refractivity contribution < 1.29 is 22.7 Å². The molecule has 0 bridgehead atoms. The van der Waals surface area contributed by atoms with E-state index in [0.29, 0.717) is 37.6 Å². The fourth-order valence-electron chi connectivity index (χ4n) is 2.86. The maximum atomic E-state index is 12.6. The molecule has 2 aromatic carbocycles. The van der Waals surface area contributed by atoms with Gasteiger partial charge in [0.05, 0.1) is 24.7 Å². The first kappa shape index (κ1) is 21.0. The summed E-state index contributed by atoms with van der Waals surface area (Å²) in [6, 6.07) is 12.9. The Labute approximate surface area is 169 Å². The molecule has 0 aromatic heterocycles. The number of hydrogen-bond acceptors (Lipinski definition) is 6. The molecule has 0 aliphatic carbocycles. The number of nitrogens with one attached hydrogen (secondary N) is 2. The molecule has 1 heterocycles. The first-order valence-electron chi connectivity index (χ1n) is 9.19. The highest BCUT2D eigenvalue weighted by atomic mass is 32.2. The van der Waals surface area contributed by atoms with E-state index >= 15 is 0 Å². The van der Waals surface area contributed by atoms with Gasteiger partial charge in [0.15, 0.2) is 5.78 Å². The zero-order valence-electron chi connectivity index (χ0n) is 16.1. The fraction of sp³-hybridized carbons (Fsp3) is 0.300. The van der Waals surface area contributed by atoms with E-state index in [0.717, 1.165) is 5.69 Å². The van der Waals surface area contributed by atoms with Gasteiger partial charge in [-0.2, -0.15) is 4.31 Å². The van der Waals surface area contributed by atoms with Crippen molar-refractivity contribution in [1.29, 1.82) is 0 Å². The lowest BCUT2D eigenvalue weighted by molar-refractivity contribution is -0.114. The quantitative estimate of drug-likeness (QED) is 0.668. The Morgan fingerprint density at radius 1 is 0.966 bits per heavy atom. The molecule has 3 rings (SSSR count). The first-order chi connectivity index (χ1) is 13.9. The molecule has 0 unspecified atom stereocenters. The number of ketones is 1. The molecule has 1 aliphatic rings. The highest BCUT2D eigenvalue weighted by Crippen LogP contribution is 2.19. The van der Waals surface area contributed by atoms with Crippen LogP contribution in [-0.4, -0.2) is 57.3 Å². The van der Waals surface area contributed by atoms with Gasteiger partial charge in [0.25, 0.3) is 0 Å². The Morgan fingerprint density at radius 2 is 1.55 bits per heavy atom. The summed E-state index contributed by atoms with van der Waals surface area (Å²) in [4.78, 5) is 23.6. The molecule has 8 nitrogen and oxygen atoms in total. The summed E-state index contributed by atoms with van der Waals surface area (Å²) in [5.41, 5.74) is 1.83. The molecule has 9 heteroatoms. The van der Waals surface area contributed by atoms with Crippen LogP contribution in [0.5, 0.6) is 0 Å². The summed E-state index contributed by atoms with van der Waals surface area (Å²) in [7, 11) is -3.56. The molecular formula is C20H23N3O5S. The topological polar surface area (TPSA) is 105 Å². The largest absolute Gasteiger partial charge is 0.379 e. The summed E-state index contributed by atoms with van der Waals surface area (Å²) < 4.78 is 31.8. The molecule has 0 spiro atoms. The molecule has 154 valence electrons. The number of Topliss-reactive ketones (excluding diaryl/α,β-unsaturated/α-hetero) is 1. The van der Waals surface area contributed by atoms with Crippen LogP contribution in [0.1, 0.15) is 17.3 Å². The Bertz CT molecular complexity index is 966.